The Kier molecular flexibility index (Phi) is 3.68. The van der Waals surface area contributed by atoms with Crippen LogP contribution in [0.1, 0.15) is 35.2 Å². The van der Waals surface area contributed by atoms with Crippen molar-refractivity contribution in [3.05, 3.63) is 35.4 Å². The Labute approximate surface area is 123 Å². The lowest BCUT2D eigenvalue weighted by Gasteiger charge is -2.22. The molecule has 0 aliphatic carbocycles. The first-order chi connectivity index (χ1) is 10.1. The van der Waals surface area contributed by atoms with E-state index in [4.69, 9.17) is 0 Å². The van der Waals surface area contributed by atoms with Crippen LogP contribution in [-0.2, 0) is 16.1 Å². The Balaban J connectivity index is 1.70. The fraction of sp³-hybridized carbons (Fsp3) is 0.500. The molecule has 2 aliphatic rings. The predicted molar refractivity (Wildman–Crippen MR) is 75.9 cm³/mol. The second-order valence-electron chi connectivity index (χ2n) is 5.84. The highest BCUT2D eigenvalue weighted by Crippen LogP contribution is 2.42. The molecule has 2 bridgehead atoms. The first-order valence-corrected chi connectivity index (χ1v) is 7.26. The number of carboxylic acid groups (broad SMARTS) is 1. The maximum atomic E-state index is 11.4. The standard InChI is InChI=1S/C16H19NO4/c1-21-16(20)11-4-2-10(3-5-11)9-17-12-6-7-14(17)13(8-12)15(18)19/h2-5,12-14H,6-9H2,1H3,(H,18,19). The largest absolute Gasteiger partial charge is 0.481 e. The van der Waals surface area contributed by atoms with Crippen LogP contribution < -0.4 is 0 Å². The van der Waals surface area contributed by atoms with Crippen molar-refractivity contribution in [2.45, 2.75) is 37.9 Å². The molecule has 5 nitrogen and oxygen atoms in total. The van der Waals surface area contributed by atoms with Gasteiger partial charge in [0.1, 0.15) is 0 Å². The zero-order valence-electron chi connectivity index (χ0n) is 12.0. The summed E-state index contributed by atoms with van der Waals surface area (Å²) in [4.78, 5) is 25.0. The van der Waals surface area contributed by atoms with E-state index in [9.17, 15) is 14.7 Å². The Morgan fingerprint density at radius 1 is 1.29 bits per heavy atom. The van der Waals surface area contributed by atoms with Crippen molar-refractivity contribution >= 4 is 11.9 Å². The van der Waals surface area contributed by atoms with Crippen LogP contribution in [0.5, 0.6) is 0 Å². The Bertz CT molecular complexity index is 554. The molecule has 0 spiro atoms. The number of benzene rings is 1. The summed E-state index contributed by atoms with van der Waals surface area (Å²) in [5, 5.41) is 9.27. The summed E-state index contributed by atoms with van der Waals surface area (Å²) in [6.07, 6.45) is 2.83. The summed E-state index contributed by atoms with van der Waals surface area (Å²) >= 11 is 0. The van der Waals surface area contributed by atoms with Crippen molar-refractivity contribution in [2.75, 3.05) is 7.11 Å². The van der Waals surface area contributed by atoms with E-state index in [2.05, 4.69) is 9.64 Å². The fourth-order valence-electron chi connectivity index (χ4n) is 3.69. The molecular weight excluding hydrogens is 270 g/mol. The number of carbonyl (C=O) groups is 2. The van der Waals surface area contributed by atoms with Gasteiger partial charge in [-0.25, -0.2) is 4.79 Å². The minimum atomic E-state index is -0.673. The van der Waals surface area contributed by atoms with Crippen LogP contribution >= 0.6 is 0 Å². The third-order valence-corrected chi connectivity index (χ3v) is 4.74. The number of hydrogen-bond acceptors (Lipinski definition) is 4. The van der Waals surface area contributed by atoms with Gasteiger partial charge in [0.2, 0.25) is 0 Å². The van der Waals surface area contributed by atoms with Crippen molar-refractivity contribution in [1.29, 1.82) is 0 Å². The Morgan fingerprint density at radius 3 is 2.57 bits per heavy atom. The van der Waals surface area contributed by atoms with Crippen LogP contribution in [0.3, 0.4) is 0 Å². The van der Waals surface area contributed by atoms with Gasteiger partial charge in [-0.05, 0) is 37.0 Å². The van der Waals surface area contributed by atoms with Gasteiger partial charge in [-0.15, -0.1) is 0 Å². The quantitative estimate of drug-likeness (QED) is 0.858. The van der Waals surface area contributed by atoms with E-state index in [0.29, 0.717) is 11.6 Å². The van der Waals surface area contributed by atoms with Crippen LogP contribution in [0.2, 0.25) is 0 Å². The average molecular weight is 289 g/mol. The lowest BCUT2D eigenvalue weighted by Crippen LogP contribution is -2.32. The number of methoxy groups -OCH3 is 1. The number of ether oxygens (including phenoxy) is 1. The van der Waals surface area contributed by atoms with Gasteiger partial charge in [0.05, 0.1) is 18.6 Å². The van der Waals surface area contributed by atoms with Crippen molar-refractivity contribution in [1.82, 2.24) is 4.90 Å². The van der Waals surface area contributed by atoms with Gasteiger partial charge in [-0.3, -0.25) is 9.69 Å². The molecular formula is C16H19NO4. The van der Waals surface area contributed by atoms with E-state index in [1.54, 1.807) is 12.1 Å². The van der Waals surface area contributed by atoms with E-state index in [0.717, 1.165) is 31.4 Å². The number of hydrogen-bond donors (Lipinski definition) is 1. The lowest BCUT2D eigenvalue weighted by atomic mass is 9.89. The zero-order chi connectivity index (χ0) is 15.0. The number of rotatable bonds is 4. The summed E-state index contributed by atoms with van der Waals surface area (Å²) in [5.41, 5.74) is 1.64. The van der Waals surface area contributed by atoms with Crippen LogP contribution in [0, 0.1) is 5.92 Å². The van der Waals surface area contributed by atoms with Gasteiger partial charge in [0.25, 0.3) is 0 Å². The highest BCUT2D eigenvalue weighted by molar-refractivity contribution is 5.89. The monoisotopic (exact) mass is 289 g/mol. The molecule has 1 aromatic rings. The van der Waals surface area contributed by atoms with E-state index < -0.39 is 5.97 Å². The maximum absolute atomic E-state index is 11.4. The highest BCUT2D eigenvalue weighted by atomic mass is 16.5. The normalized spacial score (nSPS) is 27.8. The molecule has 0 amide bonds. The van der Waals surface area contributed by atoms with Gasteiger partial charge in [-0.2, -0.15) is 0 Å². The first kappa shape index (κ1) is 14.1. The summed E-state index contributed by atoms with van der Waals surface area (Å²) in [6, 6.07) is 7.89. The number of esters is 1. The third kappa shape index (κ3) is 2.53. The van der Waals surface area contributed by atoms with Crippen LogP contribution in [-0.4, -0.2) is 41.1 Å². The number of carbonyl (C=O) groups excluding carboxylic acids is 1. The van der Waals surface area contributed by atoms with Gasteiger partial charge >= 0.3 is 11.9 Å². The summed E-state index contributed by atoms with van der Waals surface area (Å²) in [6.45, 7) is 0.751. The van der Waals surface area contributed by atoms with Crippen molar-refractivity contribution in [3.8, 4) is 0 Å². The molecule has 3 atom stereocenters. The summed E-state index contributed by atoms with van der Waals surface area (Å²) < 4.78 is 4.68. The molecule has 1 N–H and O–H groups in total. The van der Waals surface area contributed by atoms with Gasteiger partial charge in [-0.1, -0.05) is 12.1 Å². The molecule has 1 aromatic carbocycles. The van der Waals surface area contributed by atoms with Crippen LogP contribution in [0.4, 0.5) is 0 Å². The van der Waals surface area contributed by atoms with Crippen molar-refractivity contribution in [2.24, 2.45) is 5.92 Å². The Hall–Kier alpha value is -1.88. The number of fused-ring (bicyclic) bond motifs is 2. The second-order valence-corrected chi connectivity index (χ2v) is 5.84. The van der Waals surface area contributed by atoms with E-state index in [1.165, 1.54) is 7.11 Å². The minimum absolute atomic E-state index is 0.160. The Morgan fingerprint density at radius 2 is 2.00 bits per heavy atom. The number of aliphatic carboxylic acids is 1. The number of carboxylic acids is 1. The molecule has 0 aromatic heterocycles. The van der Waals surface area contributed by atoms with E-state index in [1.807, 2.05) is 12.1 Å². The number of nitrogens with zero attached hydrogens (tertiary/aromatic N) is 1. The fourth-order valence-corrected chi connectivity index (χ4v) is 3.69. The molecule has 2 saturated heterocycles. The summed E-state index contributed by atoms with van der Waals surface area (Å²) in [7, 11) is 1.37. The second kappa shape index (κ2) is 5.48. The molecule has 3 unspecified atom stereocenters. The molecule has 0 radical (unpaired) electrons. The topological polar surface area (TPSA) is 66.8 Å². The molecule has 112 valence electrons. The van der Waals surface area contributed by atoms with Crippen molar-refractivity contribution in [3.63, 3.8) is 0 Å². The predicted octanol–water partition coefficient (Wildman–Crippen LogP) is 1.91. The molecule has 21 heavy (non-hydrogen) atoms. The first-order valence-electron chi connectivity index (χ1n) is 7.26. The highest BCUT2D eigenvalue weighted by Gasteiger charge is 2.48. The molecule has 3 rings (SSSR count). The maximum Gasteiger partial charge on any atom is 0.337 e. The lowest BCUT2D eigenvalue weighted by molar-refractivity contribution is -0.142. The van der Waals surface area contributed by atoms with E-state index >= 15 is 0 Å². The molecule has 0 saturated carbocycles. The minimum Gasteiger partial charge on any atom is -0.481 e. The SMILES string of the molecule is COC(=O)c1ccc(CN2C3CCC2C(C(=O)O)C3)cc1. The molecule has 2 aliphatic heterocycles. The van der Waals surface area contributed by atoms with Crippen LogP contribution in [0.15, 0.2) is 24.3 Å². The summed E-state index contributed by atoms with van der Waals surface area (Å²) in [5.74, 6) is -1.24. The molecule has 5 heteroatoms. The molecule has 2 heterocycles. The van der Waals surface area contributed by atoms with Crippen LogP contribution in [0.25, 0.3) is 0 Å². The van der Waals surface area contributed by atoms with Gasteiger partial charge in [0, 0.05) is 18.6 Å². The van der Waals surface area contributed by atoms with Gasteiger partial charge < -0.3 is 9.84 Å². The van der Waals surface area contributed by atoms with Crippen molar-refractivity contribution < 1.29 is 19.4 Å². The average Bonchev–Trinajstić information content (AvgIpc) is 3.04. The smallest absolute Gasteiger partial charge is 0.337 e. The zero-order valence-corrected chi connectivity index (χ0v) is 12.0. The van der Waals surface area contributed by atoms with Gasteiger partial charge in [0.15, 0.2) is 0 Å². The van der Waals surface area contributed by atoms with E-state index in [-0.39, 0.29) is 17.9 Å². The molecule has 2 fully saturated rings. The third-order valence-electron chi connectivity index (χ3n) is 4.74.